The highest BCUT2D eigenvalue weighted by Crippen LogP contribution is 2.27. The maximum Gasteiger partial charge on any atom is 0.292 e. The van der Waals surface area contributed by atoms with Crippen molar-refractivity contribution in [3.05, 3.63) is 28.9 Å². The van der Waals surface area contributed by atoms with Crippen LogP contribution < -0.4 is 21.9 Å². The average molecular weight is 350 g/mol. The molecule has 1 heterocycles. The number of fused-ring (bicyclic) bond motifs is 1. The van der Waals surface area contributed by atoms with E-state index >= 15 is 0 Å². The molecule has 0 saturated heterocycles. The predicted octanol–water partition coefficient (Wildman–Crippen LogP) is 0.952. The molecule has 1 aromatic carbocycles. The number of nitrogens with two attached hydrogens (primary N) is 3. The standard InChI is InChI=1S/C14H18N6O3S/c1-3-20(7(2)21)13(11(15)12(16)22)24-19-8-4-5-10-9(6-8)18-14(17)23-10/h4-6,19H,3,15H2,1-2H3,(H2,16,22)(H2,17,18)/b13-11+. The predicted molar refractivity (Wildman–Crippen MR) is 93.1 cm³/mol. The number of rotatable bonds is 6. The fourth-order valence-corrected chi connectivity index (χ4v) is 2.91. The van der Waals surface area contributed by atoms with Crippen LogP contribution in [-0.2, 0) is 9.59 Å². The highest BCUT2D eigenvalue weighted by molar-refractivity contribution is 8.04. The van der Waals surface area contributed by atoms with Gasteiger partial charge in [0.15, 0.2) is 5.58 Å². The van der Waals surface area contributed by atoms with E-state index in [9.17, 15) is 9.59 Å². The van der Waals surface area contributed by atoms with Gasteiger partial charge >= 0.3 is 0 Å². The molecule has 0 aliphatic rings. The van der Waals surface area contributed by atoms with Crippen molar-refractivity contribution in [3.8, 4) is 0 Å². The first kappa shape index (κ1) is 17.5. The molecule has 7 N–H and O–H groups in total. The Hall–Kier alpha value is -2.88. The quantitative estimate of drug-likeness (QED) is 0.443. The van der Waals surface area contributed by atoms with E-state index in [1.807, 2.05) is 0 Å². The Morgan fingerprint density at radius 1 is 1.38 bits per heavy atom. The first-order valence-electron chi connectivity index (χ1n) is 7.00. The summed E-state index contributed by atoms with van der Waals surface area (Å²) in [6, 6.07) is 5.22. The third-order valence-corrected chi connectivity index (χ3v) is 4.08. The van der Waals surface area contributed by atoms with Crippen molar-refractivity contribution in [1.82, 2.24) is 9.88 Å². The van der Waals surface area contributed by atoms with E-state index in [0.29, 0.717) is 23.3 Å². The van der Waals surface area contributed by atoms with Gasteiger partial charge in [-0.2, -0.15) is 4.98 Å². The second kappa shape index (κ2) is 7.13. The summed E-state index contributed by atoms with van der Waals surface area (Å²) >= 11 is 1.01. The van der Waals surface area contributed by atoms with Gasteiger partial charge in [-0.15, -0.1) is 0 Å². The van der Waals surface area contributed by atoms with E-state index in [1.165, 1.54) is 11.8 Å². The topological polar surface area (TPSA) is 154 Å². The van der Waals surface area contributed by atoms with Crippen molar-refractivity contribution < 1.29 is 14.0 Å². The molecule has 10 heteroatoms. The lowest BCUT2D eigenvalue weighted by Gasteiger charge is -2.23. The number of hydrogen-bond acceptors (Lipinski definition) is 8. The van der Waals surface area contributed by atoms with Crippen LogP contribution >= 0.6 is 11.9 Å². The van der Waals surface area contributed by atoms with Crippen molar-refractivity contribution in [3.63, 3.8) is 0 Å². The highest BCUT2D eigenvalue weighted by Gasteiger charge is 2.20. The number of aromatic nitrogens is 1. The number of amides is 2. The number of nitrogen functional groups attached to an aromatic ring is 1. The summed E-state index contributed by atoms with van der Waals surface area (Å²) in [6.45, 7) is 3.48. The minimum absolute atomic E-state index is 0.0714. The second-order valence-corrected chi connectivity index (χ2v) is 5.58. The molecule has 0 saturated carbocycles. The second-order valence-electron chi connectivity index (χ2n) is 4.79. The molecule has 0 aliphatic heterocycles. The molecule has 24 heavy (non-hydrogen) atoms. The third kappa shape index (κ3) is 3.71. The van der Waals surface area contributed by atoms with Crippen LogP contribution in [0.1, 0.15) is 13.8 Å². The normalized spacial score (nSPS) is 11.9. The molecule has 0 unspecified atom stereocenters. The van der Waals surface area contributed by atoms with Gasteiger partial charge in [-0.3, -0.25) is 9.59 Å². The molecule has 2 amide bonds. The molecule has 0 aliphatic carbocycles. The summed E-state index contributed by atoms with van der Waals surface area (Å²) in [5.74, 6) is -1.07. The minimum atomic E-state index is -0.807. The summed E-state index contributed by atoms with van der Waals surface area (Å²) < 4.78 is 8.20. The smallest absolute Gasteiger partial charge is 0.292 e. The zero-order valence-corrected chi connectivity index (χ0v) is 14.0. The Morgan fingerprint density at radius 2 is 2.08 bits per heavy atom. The van der Waals surface area contributed by atoms with Crippen molar-refractivity contribution >= 4 is 46.6 Å². The molecule has 2 rings (SSSR count). The molecular weight excluding hydrogens is 332 g/mol. The first-order chi connectivity index (χ1) is 11.3. The number of nitrogens with zero attached hydrogens (tertiary/aromatic N) is 2. The van der Waals surface area contributed by atoms with Gasteiger partial charge in [0.05, 0.1) is 0 Å². The molecule has 9 nitrogen and oxygen atoms in total. The minimum Gasteiger partial charge on any atom is -0.424 e. The van der Waals surface area contributed by atoms with Crippen LogP contribution in [0.15, 0.2) is 33.3 Å². The largest absolute Gasteiger partial charge is 0.424 e. The summed E-state index contributed by atoms with van der Waals surface area (Å²) in [6.07, 6.45) is 0. The maximum absolute atomic E-state index is 11.7. The zero-order valence-electron chi connectivity index (χ0n) is 13.2. The molecule has 128 valence electrons. The van der Waals surface area contributed by atoms with Crippen LogP contribution in [0.4, 0.5) is 11.7 Å². The summed E-state index contributed by atoms with van der Waals surface area (Å²) in [7, 11) is 0. The lowest BCUT2D eigenvalue weighted by Crippen LogP contribution is -2.33. The Kier molecular flexibility index (Phi) is 5.19. The van der Waals surface area contributed by atoms with Crippen LogP contribution in [0.5, 0.6) is 0 Å². The average Bonchev–Trinajstić information content (AvgIpc) is 2.89. The van der Waals surface area contributed by atoms with Gasteiger partial charge in [0.25, 0.3) is 11.9 Å². The number of primary amides is 1. The Morgan fingerprint density at radius 3 is 2.67 bits per heavy atom. The van der Waals surface area contributed by atoms with Crippen molar-refractivity contribution in [1.29, 1.82) is 0 Å². The van der Waals surface area contributed by atoms with Crippen LogP contribution in [0, 0.1) is 0 Å². The summed E-state index contributed by atoms with van der Waals surface area (Å²) in [5.41, 5.74) is 18.1. The molecule has 0 fully saturated rings. The molecular formula is C14H18N6O3S. The molecule has 0 atom stereocenters. The SMILES string of the molecule is CCN(C(C)=O)/C(SNc1ccc2oc(N)nc2c1)=C(\N)C(N)=O. The van der Waals surface area contributed by atoms with Crippen LogP contribution in [0.25, 0.3) is 11.1 Å². The zero-order chi connectivity index (χ0) is 17.9. The number of anilines is 2. The monoisotopic (exact) mass is 350 g/mol. The Bertz CT molecular complexity index is 816. The maximum atomic E-state index is 11.7. The number of oxazole rings is 1. The van der Waals surface area contributed by atoms with Gasteiger partial charge in [0, 0.05) is 31.1 Å². The number of benzene rings is 1. The van der Waals surface area contributed by atoms with Gasteiger partial charge < -0.3 is 31.2 Å². The van der Waals surface area contributed by atoms with Crippen LogP contribution in [-0.4, -0.2) is 28.2 Å². The van der Waals surface area contributed by atoms with Crippen LogP contribution in [0.3, 0.4) is 0 Å². The van der Waals surface area contributed by atoms with E-state index in [0.717, 1.165) is 11.9 Å². The fourth-order valence-electron chi connectivity index (χ4n) is 1.99. The van der Waals surface area contributed by atoms with Gasteiger partial charge in [0.1, 0.15) is 16.2 Å². The van der Waals surface area contributed by atoms with E-state index < -0.39 is 5.91 Å². The van der Waals surface area contributed by atoms with Crippen molar-refractivity contribution in [2.45, 2.75) is 13.8 Å². The van der Waals surface area contributed by atoms with Gasteiger partial charge in [-0.05, 0) is 25.1 Å². The molecule has 0 radical (unpaired) electrons. The van der Waals surface area contributed by atoms with Crippen molar-refractivity contribution in [2.24, 2.45) is 11.5 Å². The molecule has 2 aromatic rings. The first-order valence-corrected chi connectivity index (χ1v) is 7.81. The van der Waals surface area contributed by atoms with Gasteiger partial charge in [-0.1, -0.05) is 0 Å². The lowest BCUT2D eigenvalue weighted by molar-refractivity contribution is -0.126. The molecule has 0 bridgehead atoms. The van der Waals surface area contributed by atoms with Crippen molar-refractivity contribution in [2.75, 3.05) is 17.0 Å². The van der Waals surface area contributed by atoms with Crippen LogP contribution in [0.2, 0.25) is 0 Å². The van der Waals surface area contributed by atoms with E-state index in [2.05, 4.69) is 9.71 Å². The van der Waals surface area contributed by atoms with Gasteiger partial charge in [-0.25, -0.2) is 0 Å². The molecule has 0 spiro atoms. The Labute approximate surface area is 142 Å². The number of carbonyl (C=O) groups is 2. The number of nitrogens with one attached hydrogen (secondary N) is 1. The number of hydrogen-bond donors (Lipinski definition) is 4. The van der Waals surface area contributed by atoms with E-state index in [-0.39, 0.29) is 22.6 Å². The highest BCUT2D eigenvalue weighted by atomic mass is 32.2. The summed E-state index contributed by atoms with van der Waals surface area (Å²) in [4.78, 5) is 28.5. The number of carbonyl (C=O) groups excluding carboxylic acids is 2. The summed E-state index contributed by atoms with van der Waals surface area (Å²) in [5, 5.41) is 0.234. The third-order valence-electron chi connectivity index (χ3n) is 3.11. The molecule has 1 aromatic heterocycles. The van der Waals surface area contributed by atoms with Gasteiger partial charge in [0.2, 0.25) is 5.91 Å². The van der Waals surface area contributed by atoms with E-state index in [4.69, 9.17) is 21.6 Å². The fraction of sp³-hybridized carbons (Fsp3) is 0.214. The Balaban J connectivity index is 2.27. The lowest BCUT2D eigenvalue weighted by atomic mass is 10.3. The van der Waals surface area contributed by atoms with E-state index in [1.54, 1.807) is 25.1 Å².